The Morgan fingerprint density at radius 2 is 1.86 bits per heavy atom. The van der Waals surface area contributed by atoms with Crippen LogP contribution in [0.15, 0.2) is 36.4 Å². The summed E-state index contributed by atoms with van der Waals surface area (Å²) in [6.07, 6.45) is -2.60. The zero-order valence-corrected chi connectivity index (χ0v) is 15.3. The number of hydrogen-bond donors (Lipinski definition) is 2. The molecule has 0 radical (unpaired) electrons. The van der Waals surface area contributed by atoms with E-state index in [1.54, 1.807) is 0 Å². The fourth-order valence-corrected chi connectivity index (χ4v) is 3.22. The third-order valence-electron chi connectivity index (χ3n) is 4.56. The standard InChI is InChI=1S/C19H23F3N4O2/c20-19(21,22)13-28-17-12-16(24-18(25-17)23-8-11-27)26-9-6-15(7-10-26)14-4-2-1-3-5-14/h1-5,12,15,27H,6-11,13H2,(H,23,24,25). The minimum absolute atomic E-state index is 0.133. The van der Waals surface area contributed by atoms with Gasteiger partial charge in [0.25, 0.3) is 0 Å². The van der Waals surface area contributed by atoms with Gasteiger partial charge in [0.2, 0.25) is 11.8 Å². The highest BCUT2D eigenvalue weighted by atomic mass is 19.4. The molecule has 1 saturated heterocycles. The molecule has 28 heavy (non-hydrogen) atoms. The van der Waals surface area contributed by atoms with Gasteiger partial charge >= 0.3 is 6.18 Å². The van der Waals surface area contributed by atoms with Crippen LogP contribution in [-0.2, 0) is 0 Å². The lowest BCUT2D eigenvalue weighted by atomic mass is 9.89. The van der Waals surface area contributed by atoms with Crippen LogP contribution in [0.3, 0.4) is 0 Å². The van der Waals surface area contributed by atoms with E-state index in [-0.39, 0.29) is 25.0 Å². The second kappa shape index (κ2) is 9.09. The van der Waals surface area contributed by atoms with Crippen LogP contribution in [0.1, 0.15) is 24.3 Å². The lowest BCUT2D eigenvalue weighted by Crippen LogP contribution is -2.33. The molecule has 2 heterocycles. The molecule has 9 heteroatoms. The van der Waals surface area contributed by atoms with Crippen molar-refractivity contribution in [2.75, 3.05) is 43.1 Å². The summed E-state index contributed by atoms with van der Waals surface area (Å²) in [5.41, 5.74) is 1.30. The first-order valence-corrected chi connectivity index (χ1v) is 9.18. The summed E-state index contributed by atoms with van der Waals surface area (Å²) in [5, 5.41) is 11.7. The van der Waals surface area contributed by atoms with Crippen LogP contribution >= 0.6 is 0 Å². The fourth-order valence-electron chi connectivity index (χ4n) is 3.22. The molecular formula is C19H23F3N4O2. The quantitative estimate of drug-likeness (QED) is 0.749. The molecule has 3 rings (SSSR count). The van der Waals surface area contributed by atoms with Gasteiger partial charge in [-0.1, -0.05) is 30.3 Å². The van der Waals surface area contributed by atoms with E-state index in [4.69, 9.17) is 9.84 Å². The van der Waals surface area contributed by atoms with Gasteiger partial charge in [0.05, 0.1) is 6.61 Å². The topological polar surface area (TPSA) is 70.5 Å². The van der Waals surface area contributed by atoms with Gasteiger partial charge in [-0.25, -0.2) is 0 Å². The molecule has 0 amide bonds. The maximum atomic E-state index is 12.5. The van der Waals surface area contributed by atoms with E-state index >= 15 is 0 Å². The number of nitrogens with zero attached hydrogens (tertiary/aromatic N) is 3. The predicted molar refractivity (Wildman–Crippen MR) is 99.8 cm³/mol. The minimum Gasteiger partial charge on any atom is -0.468 e. The molecular weight excluding hydrogens is 373 g/mol. The molecule has 1 aliphatic heterocycles. The number of aromatic nitrogens is 2. The van der Waals surface area contributed by atoms with Gasteiger partial charge in [-0.2, -0.15) is 23.1 Å². The summed E-state index contributed by atoms with van der Waals surface area (Å²) in [5.74, 6) is 0.952. The number of aliphatic hydroxyl groups excluding tert-OH is 1. The van der Waals surface area contributed by atoms with Crippen molar-refractivity contribution in [3.05, 3.63) is 42.0 Å². The number of aliphatic hydroxyl groups is 1. The Bertz CT molecular complexity index is 751. The normalized spacial score (nSPS) is 15.5. The van der Waals surface area contributed by atoms with Gasteiger partial charge in [-0.3, -0.25) is 0 Å². The van der Waals surface area contributed by atoms with Gasteiger partial charge in [-0.15, -0.1) is 0 Å². The first-order chi connectivity index (χ1) is 13.4. The molecule has 0 saturated carbocycles. The highest BCUT2D eigenvalue weighted by Gasteiger charge is 2.29. The lowest BCUT2D eigenvalue weighted by molar-refractivity contribution is -0.154. The SMILES string of the molecule is OCCNc1nc(OCC(F)(F)F)cc(N2CCC(c3ccccc3)CC2)n1. The molecule has 0 unspecified atom stereocenters. The van der Waals surface area contributed by atoms with Crippen molar-refractivity contribution in [3.8, 4) is 5.88 Å². The Kier molecular flexibility index (Phi) is 6.56. The van der Waals surface area contributed by atoms with Crippen molar-refractivity contribution in [1.82, 2.24) is 9.97 Å². The van der Waals surface area contributed by atoms with Gasteiger partial charge in [0.15, 0.2) is 6.61 Å². The van der Waals surface area contributed by atoms with Crippen LogP contribution in [0.25, 0.3) is 0 Å². The maximum Gasteiger partial charge on any atom is 0.422 e. The van der Waals surface area contributed by atoms with E-state index in [0.717, 1.165) is 25.9 Å². The molecule has 1 aromatic carbocycles. The average Bonchev–Trinajstić information content (AvgIpc) is 2.71. The highest BCUT2D eigenvalue weighted by Crippen LogP contribution is 2.31. The summed E-state index contributed by atoms with van der Waals surface area (Å²) in [4.78, 5) is 10.3. The molecule has 152 valence electrons. The Morgan fingerprint density at radius 3 is 2.50 bits per heavy atom. The summed E-state index contributed by atoms with van der Waals surface area (Å²) in [6.45, 7) is 0.0927. The van der Waals surface area contributed by atoms with Crippen LogP contribution in [0.2, 0.25) is 0 Å². The number of rotatable bonds is 7. The summed E-state index contributed by atoms with van der Waals surface area (Å²) in [7, 11) is 0. The molecule has 2 aromatic rings. The van der Waals surface area contributed by atoms with Crippen LogP contribution in [-0.4, -0.2) is 54.1 Å². The molecule has 0 atom stereocenters. The van der Waals surface area contributed by atoms with E-state index in [1.807, 2.05) is 23.1 Å². The van der Waals surface area contributed by atoms with Crippen molar-refractivity contribution in [3.63, 3.8) is 0 Å². The number of nitrogens with one attached hydrogen (secondary N) is 1. The Hall–Kier alpha value is -2.55. The van der Waals surface area contributed by atoms with Gasteiger partial charge in [0, 0.05) is 25.7 Å². The van der Waals surface area contributed by atoms with Crippen LogP contribution in [0, 0.1) is 0 Å². The van der Waals surface area contributed by atoms with Crippen LogP contribution in [0.5, 0.6) is 5.88 Å². The van der Waals surface area contributed by atoms with Gasteiger partial charge in [-0.05, 0) is 24.3 Å². The van der Waals surface area contributed by atoms with E-state index < -0.39 is 12.8 Å². The molecule has 1 aromatic heterocycles. The van der Waals surface area contributed by atoms with Crippen molar-refractivity contribution < 1.29 is 23.0 Å². The van der Waals surface area contributed by atoms with Crippen molar-refractivity contribution in [2.24, 2.45) is 0 Å². The van der Waals surface area contributed by atoms with Gasteiger partial charge < -0.3 is 20.1 Å². The molecule has 0 bridgehead atoms. The first kappa shape index (κ1) is 20.2. The first-order valence-electron chi connectivity index (χ1n) is 9.18. The molecule has 0 spiro atoms. The summed E-state index contributed by atoms with van der Waals surface area (Å²) < 4.78 is 42.2. The molecule has 1 fully saturated rings. The highest BCUT2D eigenvalue weighted by molar-refractivity contribution is 5.47. The zero-order valence-electron chi connectivity index (χ0n) is 15.3. The van der Waals surface area contributed by atoms with Crippen molar-refractivity contribution in [1.29, 1.82) is 0 Å². The summed E-state index contributed by atoms with van der Waals surface area (Å²) in [6, 6.07) is 11.7. The Balaban J connectivity index is 1.71. The van der Waals surface area contributed by atoms with E-state index in [2.05, 4.69) is 27.4 Å². The monoisotopic (exact) mass is 396 g/mol. The predicted octanol–water partition coefficient (Wildman–Crippen LogP) is 3.21. The number of anilines is 2. The van der Waals surface area contributed by atoms with E-state index in [1.165, 1.54) is 11.6 Å². The van der Waals surface area contributed by atoms with Gasteiger partial charge in [0.1, 0.15) is 5.82 Å². The Labute approximate surface area is 161 Å². The van der Waals surface area contributed by atoms with Crippen LogP contribution < -0.4 is 15.0 Å². The Morgan fingerprint density at radius 1 is 1.14 bits per heavy atom. The second-order valence-corrected chi connectivity index (χ2v) is 6.61. The molecule has 6 nitrogen and oxygen atoms in total. The van der Waals surface area contributed by atoms with Crippen molar-refractivity contribution in [2.45, 2.75) is 24.9 Å². The zero-order chi connectivity index (χ0) is 20.0. The number of alkyl halides is 3. The maximum absolute atomic E-state index is 12.5. The smallest absolute Gasteiger partial charge is 0.422 e. The molecule has 1 aliphatic rings. The third-order valence-corrected chi connectivity index (χ3v) is 4.56. The minimum atomic E-state index is -4.45. The van der Waals surface area contributed by atoms with E-state index in [9.17, 15) is 13.2 Å². The fraction of sp³-hybridized carbons (Fsp3) is 0.474. The lowest BCUT2D eigenvalue weighted by Gasteiger charge is -2.33. The van der Waals surface area contributed by atoms with Crippen molar-refractivity contribution >= 4 is 11.8 Å². The van der Waals surface area contributed by atoms with Crippen LogP contribution in [0.4, 0.5) is 24.9 Å². The average molecular weight is 396 g/mol. The number of ether oxygens (including phenoxy) is 1. The second-order valence-electron chi connectivity index (χ2n) is 6.61. The number of piperidine rings is 1. The van der Waals surface area contributed by atoms with E-state index in [0.29, 0.717) is 11.7 Å². The summed E-state index contributed by atoms with van der Waals surface area (Å²) >= 11 is 0. The number of benzene rings is 1. The number of hydrogen-bond acceptors (Lipinski definition) is 6. The third kappa shape index (κ3) is 5.72. The molecule has 2 N–H and O–H groups in total. The molecule has 0 aliphatic carbocycles. The largest absolute Gasteiger partial charge is 0.468 e. The number of halogens is 3.